The first-order valence-corrected chi connectivity index (χ1v) is 7.97. The topological polar surface area (TPSA) is 69.6 Å². The van der Waals surface area contributed by atoms with Crippen LogP contribution in [0.1, 0.15) is 53.4 Å². The van der Waals surface area contributed by atoms with Gasteiger partial charge in [-0.2, -0.15) is 0 Å². The largest absolute Gasteiger partial charge is 0.506 e. The molecule has 0 saturated heterocycles. The number of anilines is 1. The number of carbonyl (C=O) groups excluding carboxylic acids is 1. The number of aryl methyl sites for hydroxylation is 3. The van der Waals surface area contributed by atoms with Crippen molar-refractivity contribution in [1.82, 2.24) is 0 Å². The molecule has 0 fully saturated rings. The SMILES string of the molecule is Cc1cc(C)c(C(=O)Nc2c(O)ccc(C(C)(C)C)c2O)c(C)c1. The minimum atomic E-state index is -0.346. The highest BCUT2D eigenvalue weighted by Crippen LogP contribution is 2.41. The Bertz CT molecular complexity index is 778. The fraction of sp³-hybridized carbons (Fsp3) is 0.350. The number of benzene rings is 2. The summed E-state index contributed by atoms with van der Waals surface area (Å²) >= 11 is 0. The number of phenolic OH excluding ortho intramolecular Hbond substituents is 2. The summed E-state index contributed by atoms with van der Waals surface area (Å²) in [5.74, 6) is -0.601. The van der Waals surface area contributed by atoms with Crippen molar-refractivity contribution in [2.75, 3.05) is 5.32 Å². The van der Waals surface area contributed by atoms with Crippen molar-refractivity contribution in [3.05, 3.63) is 52.1 Å². The van der Waals surface area contributed by atoms with Gasteiger partial charge in [-0.05, 0) is 43.4 Å². The lowest BCUT2D eigenvalue weighted by Gasteiger charge is -2.23. The van der Waals surface area contributed by atoms with Crippen LogP contribution in [-0.4, -0.2) is 16.1 Å². The van der Waals surface area contributed by atoms with Crippen LogP contribution in [0.25, 0.3) is 0 Å². The number of rotatable bonds is 2. The Kier molecular flexibility index (Phi) is 4.61. The molecule has 128 valence electrons. The summed E-state index contributed by atoms with van der Waals surface area (Å²) in [7, 11) is 0. The average Bonchev–Trinajstić information content (AvgIpc) is 2.40. The van der Waals surface area contributed by atoms with Gasteiger partial charge in [0.1, 0.15) is 17.2 Å². The molecule has 0 spiro atoms. The van der Waals surface area contributed by atoms with E-state index in [9.17, 15) is 15.0 Å². The first kappa shape index (κ1) is 17.9. The third kappa shape index (κ3) is 3.37. The Labute approximate surface area is 143 Å². The van der Waals surface area contributed by atoms with Crippen LogP contribution >= 0.6 is 0 Å². The van der Waals surface area contributed by atoms with Gasteiger partial charge in [0.05, 0.1) is 0 Å². The molecule has 2 rings (SSSR count). The quantitative estimate of drug-likeness (QED) is 0.708. The van der Waals surface area contributed by atoms with Gasteiger partial charge in [0.15, 0.2) is 0 Å². The molecule has 0 atom stereocenters. The Balaban J connectivity index is 2.47. The molecule has 2 aromatic carbocycles. The molecule has 24 heavy (non-hydrogen) atoms. The monoisotopic (exact) mass is 327 g/mol. The fourth-order valence-corrected chi connectivity index (χ4v) is 3.02. The Morgan fingerprint density at radius 3 is 2.04 bits per heavy atom. The third-order valence-electron chi connectivity index (χ3n) is 4.11. The van der Waals surface area contributed by atoms with Crippen molar-refractivity contribution < 1.29 is 15.0 Å². The van der Waals surface area contributed by atoms with E-state index in [0.29, 0.717) is 11.1 Å². The molecule has 0 aliphatic heterocycles. The van der Waals surface area contributed by atoms with E-state index in [1.807, 2.05) is 53.7 Å². The summed E-state index contributed by atoms with van der Waals surface area (Å²) in [5.41, 5.74) is 3.75. The second kappa shape index (κ2) is 6.19. The maximum atomic E-state index is 12.7. The van der Waals surface area contributed by atoms with Crippen molar-refractivity contribution in [2.24, 2.45) is 0 Å². The lowest BCUT2D eigenvalue weighted by molar-refractivity contribution is 0.102. The lowest BCUT2D eigenvalue weighted by atomic mass is 9.86. The maximum Gasteiger partial charge on any atom is 0.256 e. The van der Waals surface area contributed by atoms with Crippen molar-refractivity contribution in [3.63, 3.8) is 0 Å². The van der Waals surface area contributed by atoms with Crippen LogP contribution in [0.5, 0.6) is 11.5 Å². The molecule has 0 heterocycles. The third-order valence-corrected chi connectivity index (χ3v) is 4.11. The van der Waals surface area contributed by atoms with Crippen LogP contribution in [0.15, 0.2) is 24.3 Å². The van der Waals surface area contributed by atoms with Crippen molar-refractivity contribution in [2.45, 2.75) is 47.0 Å². The zero-order valence-electron chi connectivity index (χ0n) is 15.1. The number of hydrogen-bond donors (Lipinski definition) is 3. The van der Waals surface area contributed by atoms with E-state index in [2.05, 4.69) is 5.32 Å². The lowest BCUT2D eigenvalue weighted by Crippen LogP contribution is -2.17. The molecule has 3 N–H and O–H groups in total. The van der Waals surface area contributed by atoms with Gasteiger partial charge >= 0.3 is 0 Å². The summed E-state index contributed by atoms with van der Waals surface area (Å²) in [6.45, 7) is 11.6. The van der Waals surface area contributed by atoms with Crippen molar-refractivity contribution >= 4 is 11.6 Å². The standard InChI is InChI=1S/C20H25NO3/c1-11-9-12(2)16(13(3)10-11)19(24)21-17-15(22)8-7-14(18(17)23)20(4,5)6/h7-10,22-23H,1-6H3,(H,21,24). The molecule has 0 aliphatic rings. The molecule has 2 aromatic rings. The molecule has 0 unspecified atom stereocenters. The summed E-state index contributed by atoms with van der Waals surface area (Å²) in [6.07, 6.45) is 0. The van der Waals surface area contributed by atoms with Gasteiger partial charge < -0.3 is 15.5 Å². The molecule has 0 aliphatic carbocycles. The number of carbonyl (C=O) groups is 1. The molecule has 1 amide bonds. The Morgan fingerprint density at radius 1 is 1.00 bits per heavy atom. The molecular formula is C20H25NO3. The first-order chi connectivity index (χ1) is 11.0. The molecular weight excluding hydrogens is 302 g/mol. The van der Waals surface area contributed by atoms with E-state index in [1.165, 1.54) is 6.07 Å². The molecule has 0 saturated carbocycles. The van der Waals surface area contributed by atoms with Crippen LogP contribution in [-0.2, 0) is 5.41 Å². The number of phenols is 2. The van der Waals surface area contributed by atoms with Crippen LogP contribution in [0.4, 0.5) is 5.69 Å². The Hall–Kier alpha value is -2.49. The zero-order chi connectivity index (χ0) is 18.2. The maximum absolute atomic E-state index is 12.7. The first-order valence-electron chi connectivity index (χ1n) is 7.97. The normalized spacial score (nSPS) is 11.4. The highest BCUT2D eigenvalue weighted by atomic mass is 16.3. The van der Waals surface area contributed by atoms with Crippen molar-refractivity contribution in [3.8, 4) is 11.5 Å². The minimum absolute atomic E-state index is 0.0480. The predicted octanol–water partition coefficient (Wildman–Crippen LogP) is 4.57. The summed E-state index contributed by atoms with van der Waals surface area (Å²) in [6, 6.07) is 7.04. The van der Waals surface area contributed by atoms with Gasteiger partial charge in [0.25, 0.3) is 5.91 Å². The highest BCUT2D eigenvalue weighted by Gasteiger charge is 2.24. The van der Waals surface area contributed by atoms with Gasteiger partial charge in [-0.15, -0.1) is 0 Å². The second-order valence-electron chi connectivity index (χ2n) is 7.33. The molecule has 4 nitrogen and oxygen atoms in total. The zero-order valence-corrected chi connectivity index (χ0v) is 15.1. The molecule has 0 bridgehead atoms. The van der Waals surface area contributed by atoms with Crippen molar-refractivity contribution in [1.29, 1.82) is 0 Å². The van der Waals surface area contributed by atoms with Crippen LogP contribution in [0.2, 0.25) is 0 Å². The van der Waals surface area contributed by atoms with Crippen LogP contribution in [0, 0.1) is 20.8 Å². The van der Waals surface area contributed by atoms with E-state index in [-0.39, 0.29) is 28.5 Å². The van der Waals surface area contributed by atoms with E-state index in [4.69, 9.17) is 0 Å². The van der Waals surface area contributed by atoms with Gasteiger partial charge in [0, 0.05) is 11.1 Å². The molecule has 4 heteroatoms. The molecule has 0 radical (unpaired) electrons. The van der Waals surface area contributed by atoms with E-state index < -0.39 is 0 Å². The summed E-state index contributed by atoms with van der Waals surface area (Å²) < 4.78 is 0. The van der Waals surface area contributed by atoms with E-state index in [1.54, 1.807) is 6.07 Å². The predicted molar refractivity (Wildman–Crippen MR) is 97.1 cm³/mol. The van der Waals surface area contributed by atoms with Gasteiger partial charge in [-0.3, -0.25) is 4.79 Å². The van der Waals surface area contributed by atoms with E-state index >= 15 is 0 Å². The Morgan fingerprint density at radius 2 is 1.54 bits per heavy atom. The summed E-state index contributed by atoms with van der Waals surface area (Å²) in [4.78, 5) is 12.7. The minimum Gasteiger partial charge on any atom is -0.506 e. The van der Waals surface area contributed by atoms with Crippen LogP contribution < -0.4 is 5.32 Å². The van der Waals surface area contributed by atoms with Gasteiger partial charge in [0.2, 0.25) is 0 Å². The molecule has 0 aromatic heterocycles. The second-order valence-corrected chi connectivity index (χ2v) is 7.33. The number of nitrogens with one attached hydrogen (secondary N) is 1. The smallest absolute Gasteiger partial charge is 0.256 e. The average molecular weight is 327 g/mol. The van der Waals surface area contributed by atoms with Gasteiger partial charge in [-0.1, -0.05) is 44.5 Å². The van der Waals surface area contributed by atoms with Crippen LogP contribution in [0.3, 0.4) is 0 Å². The number of hydrogen-bond acceptors (Lipinski definition) is 3. The van der Waals surface area contributed by atoms with E-state index in [0.717, 1.165) is 16.7 Å². The fourth-order valence-electron chi connectivity index (χ4n) is 3.02. The van der Waals surface area contributed by atoms with Gasteiger partial charge in [-0.25, -0.2) is 0 Å². The number of amides is 1. The highest BCUT2D eigenvalue weighted by molar-refractivity contribution is 6.08. The summed E-state index contributed by atoms with van der Waals surface area (Å²) in [5, 5.41) is 23.3. The number of aromatic hydroxyl groups is 2.